The fourth-order valence-electron chi connectivity index (χ4n) is 0.709. The molecule has 7 heteroatoms. The second-order valence-electron chi connectivity index (χ2n) is 2.15. The summed E-state index contributed by atoms with van der Waals surface area (Å²) in [6.07, 6.45) is 0. The van der Waals surface area contributed by atoms with Gasteiger partial charge in [-0.15, -0.1) is 0 Å². The van der Waals surface area contributed by atoms with Gasteiger partial charge < -0.3 is 10.3 Å². The molecule has 0 radical (unpaired) electrons. The first kappa shape index (κ1) is 13.0. The number of hydrogen-bond donors (Lipinski definition) is 3. The first-order valence-electron chi connectivity index (χ1n) is 3.08. The van der Waals surface area contributed by atoms with E-state index in [2.05, 4.69) is 4.52 Å². The molecule has 0 fully saturated rings. The van der Waals surface area contributed by atoms with Crippen LogP contribution in [0.2, 0.25) is 0 Å². The number of rotatable bonds is 2. The fourth-order valence-corrected chi connectivity index (χ4v) is 1.10. The van der Waals surface area contributed by atoms with E-state index >= 15 is 0 Å². The normalized spacial score (nSPS) is 10.3. The van der Waals surface area contributed by atoms with Crippen LogP contribution in [0.25, 0.3) is 0 Å². The minimum atomic E-state index is -4.46. The number of hydrogen-bond acceptors (Lipinski definition) is 3. The molecule has 0 saturated carbocycles. The van der Waals surface area contributed by atoms with E-state index in [9.17, 15) is 4.57 Å². The molecule has 0 aliphatic heterocycles. The third-order valence-corrected chi connectivity index (χ3v) is 1.53. The molecule has 0 unspecified atom stereocenters. The van der Waals surface area contributed by atoms with Crippen molar-refractivity contribution in [2.75, 3.05) is 5.73 Å². The van der Waals surface area contributed by atoms with Crippen molar-refractivity contribution in [2.24, 2.45) is 0 Å². The van der Waals surface area contributed by atoms with Crippen LogP contribution >= 0.6 is 7.82 Å². The van der Waals surface area contributed by atoms with Crippen molar-refractivity contribution < 1.29 is 18.9 Å². The van der Waals surface area contributed by atoms with E-state index < -0.39 is 7.82 Å². The Morgan fingerprint density at radius 2 is 2.00 bits per heavy atom. The summed E-state index contributed by atoms with van der Waals surface area (Å²) in [6, 6.07) is 5.88. The molecule has 0 aliphatic rings. The molecule has 0 bridgehead atoms. The summed E-state index contributed by atoms with van der Waals surface area (Å²) in [5.41, 5.74) is 5.73. The van der Waals surface area contributed by atoms with Gasteiger partial charge in [0.2, 0.25) is 0 Å². The summed E-state index contributed by atoms with van der Waals surface area (Å²) in [4.78, 5) is 16.8. The molecule has 5 nitrogen and oxygen atoms in total. The Bertz CT molecular complexity index is 326. The van der Waals surface area contributed by atoms with Gasteiger partial charge in [0.15, 0.2) is 0 Å². The van der Waals surface area contributed by atoms with E-state index in [4.69, 9.17) is 15.5 Å². The number of phosphoric ester groups is 1. The maximum absolute atomic E-state index is 10.3. The molecule has 13 heavy (non-hydrogen) atoms. The van der Waals surface area contributed by atoms with Crippen molar-refractivity contribution in [3.63, 3.8) is 0 Å². The summed E-state index contributed by atoms with van der Waals surface area (Å²) in [5, 5.41) is 0. The number of nitrogens with two attached hydrogens (primary N) is 1. The first-order valence-corrected chi connectivity index (χ1v) is 4.61. The van der Waals surface area contributed by atoms with Crippen LogP contribution in [0, 0.1) is 0 Å². The average molecular weight is 213 g/mol. The van der Waals surface area contributed by atoms with Crippen molar-refractivity contribution in [2.45, 2.75) is 0 Å². The molecule has 68 valence electrons. The average Bonchev–Trinajstić information content (AvgIpc) is 1.82. The van der Waals surface area contributed by atoms with Gasteiger partial charge in [-0.3, -0.25) is 9.79 Å². The van der Waals surface area contributed by atoms with E-state index in [1.165, 1.54) is 12.1 Å². The van der Waals surface area contributed by atoms with Gasteiger partial charge in [0.1, 0.15) is 5.75 Å². The van der Waals surface area contributed by atoms with Crippen LogP contribution in [0.1, 0.15) is 0 Å². The number of anilines is 1. The summed E-state index contributed by atoms with van der Waals surface area (Å²) in [7, 11) is -4.46. The van der Waals surface area contributed by atoms with Crippen molar-refractivity contribution >= 4 is 43.1 Å². The Kier molecular flexibility index (Phi) is 4.99. The summed E-state index contributed by atoms with van der Waals surface area (Å²) in [5.74, 6) is 0.0586. The quantitative estimate of drug-likeness (QED) is 0.368. The number of nitrogen functional groups attached to an aromatic ring is 1. The zero-order valence-electron chi connectivity index (χ0n) is 6.04. The van der Waals surface area contributed by atoms with Gasteiger partial charge in [-0.1, -0.05) is 6.07 Å². The van der Waals surface area contributed by atoms with E-state index in [1.807, 2.05) is 0 Å². The van der Waals surface area contributed by atoms with Gasteiger partial charge in [0.05, 0.1) is 0 Å². The van der Waals surface area contributed by atoms with Gasteiger partial charge in [-0.25, -0.2) is 4.57 Å². The zero-order chi connectivity index (χ0) is 9.19. The van der Waals surface area contributed by atoms with E-state index in [1.54, 1.807) is 12.1 Å². The van der Waals surface area contributed by atoms with Crippen LogP contribution in [-0.2, 0) is 4.57 Å². The monoisotopic (exact) mass is 213 g/mol. The zero-order valence-corrected chi connectivity index (χ0v) is 6.94. The number of benzene rings is 1. The molecule has 1 rings (SSSR count). The minimum absolute atomic E-state index is 0. The molecule has 0 saturated heterocycles. The second-order valence-corrected chi connectivity index (χ2v) is 3.32. The first-order chi connectivity index (χ1) is 5.47. The summed E-state index contributed by atoms with van der Waals surface area (Å²) in [6.45, 7) is 0. The van der Waals surface area contributed by atoms with Gasteiger partial charge in [0.25, 0.3) is 0 Å². The SMILES string of the molecule is Nc1cccc(OP(=O)(O)O)c1.[NaH]. The Balaban J connectivity index is 0.00000144. The fraction of sp³-hybridized carbons (Fsp3) is 0. The van der Waals surface area contributed by atoms with Gasteiger partial charge in [0, 0.05) is 11.8 Å². The van der Waals surface area contributed by atoms with Crippen molar-refractivity contribution in [1.82, 2.24) is 0 Å². The Hall–Kier alpha value is -0.0300. The van der Waals surface area contributed by atoms with Crippen LogP contribution in [0.5, 0.6) is 5.75 Å². The summed E-state index contributed by atoms with van der Waals surface area (Å²) >= 11 is 0. The number of phosphoric acid groups is 1. The molecular weight excluding hydrogens is 204 g/mol. The Labute approximate surface area is 97.4 Å². The predicted octanol–water partition coefficient (Wildman–Crippen LogP) is 0.0918. The molecule has 0 aliphatic carbocycles. The van der Waals surface area contributed by atoms with Crippen LogP contribution in [-0.4, -0.2) is 39.3 Å². The van der Waals surface area contributed by atoms with Crippen LogP contribution in [0.3, 0.4) is 0 Å². The molecule has 0 atom stereocenters. The third kappa shape index (κ3) is 5.31. The second kappa shape index (κ2) is 5.00. The van der Waals surface area contributed by atoms with Crippen LogP contribution in [0.4, 0.5) is 5.69 Å². The van der Waals surface area contributed by atoms with Crippen molar-refractivity contribution in [1.29, 1.82) is 0 Å². The maximum atomic E-state index is 10.3. The van der Waals surface area contributed by atoms with E-state index in [0.29, 0.717) is 5.69 Å². The van der Waals surface area contributed by atoms with E-state index in [-0.39, 0.29) is 35.3 Å². The Morgan fingerprint density at radius 1 is 1.38 bits per heavy atom. The van der Waals surface area contributed by atoms with Crippen molar-refractivity contribution in [3.8, 4) is 5.75 Å². The molecule has 1 aromatic carbocycles. The summed E-state index contributed by atoms with van der Waals surface area (Å²) < 4.78 is 14.6. The van der Waals surface area contributed by atoms with Crippen LogP contribution < -0.4 is 10.3 Å². The standard InChI is InChI=1S/C6H8NO4P.Na.H/c7-5-2-1-3-6(4-5)11-12(8,9)10;;/h1-4H,7H2,(H2,8,9,10);;. The topological polar surface area (TPSA) is 92.8 Å². The van der Waals surface area contributed by atoms with Gasteiger partial charge in [-0.05, 0) is 12.1 Å². The molecule has 4 N–H and O–H groups in total. The molecular formula is C6H9NNaO4P. The van der Waals surface area contributed by atoms with Gasteiger partial charge >= 0.3 is 37.4 Å². The third-order valence-electron chi connectivity index (χ3n) is 1.08. The predicted molar refractivity (Wildman–Crippen MR) is 50.7 cm³/mol. The Morgan fingerprint density at radius 3 is 2.46 bits per heavy atom. The molecule has 0 aromatic heterocycles. The van der Waals surface area contributed by atoms with Crippen LogP contribution in [0.15, 0.2) is 24.3 Å². The molecule has 0 spiro atoms. The molecule has 0 heterocycles. The molecule has 0 amide bonds. The van der Waals surface area contributed by atoms with Gasteiger partial charge in [-0.2, -0.15) is 0 Å². The van der Waals surface area contributed by atoms with E-state index in [0.717, 1.165) is 0 Å². The molecule has 1 aromatic rings. The van der Waals surface area contributed by atoms with Crippen molar-refractivity contribution in [3.05, 3.63) is 24.3 Å².